The van der Waals surface area contributed by atoms with Crippen molar-refractivity contribution in [3.63, 3.8) is 0 Å². The molecule has 2 heterocycles. The second-order valence-corrected chi connectivity index (χ2v) is 6.54. The summed E-state index contributed by atoms with van der Waals surface area (Å²) < 4.78 is 6.69. The van der Waals surface area contributed by atoms with Crippen LogP contribution in [0.3, 0.4) is 0 Å². The Labute approximate surface area is 123 Å². The summed E-state index contributed by atoms with van der Waals surface area (Å²) in [5, 5.41) is 3.41. The Morgan fingerprint density at radius 3 is 2.68 bits per heavy atom. The van der Waals surface area contributed by atoms with E-state index in [9.17, 15) is 0 Å². The van der Waals surface area contributed by atoms with Gasteiger partial charge >= 0.3 is 0 Å². The van der Waals surface area contributed by atoms with E-state index < -0.39 is 0 Å². The fourth-order valence-corrected chi connectivity index (χ4v) is 3.33. The van der Waals surface area contributed by atoms with Crippen LogP contribution in [0, 0.1) is 0 Å². The number of ether oxygens (including phenoxy) is 1. The number of nitrogens with zero attached hydrogens (tertiary/aromatic N) is 1. The molecule has 0 saturated carbocycles. The lowest BCUT2D eigenvalue weighted by Gasteiger charge is -2.43. The van der Waals surface area contributed by atoms with E-state index in [1.54, 1.807) is 0 Å². The first kappa shape index (κ1) is 13.6. The van der Waals surface area contributed by atoms with Crippen molar-refractivity contribution in [1.82, 2.24) is 10.2 Å². The molecule has 0 aliphatic carbocycles. The summed E-state index contributed by atoms with van der Waals surface area (Å²) in [6.45, 7) is 7.52. The third-order valence-corrected chi connectivity index (χ3v) is 4.80. The van der Waals surface area contributed by atoms with Gasteiger partial charge in [-0.3, -0.25) is 0 Å². The van der Waals surface area contributed by atoms with Gasteiger partial charge in [-0.15, -0.1) is 0 Å². The number of hydrogen-bond acceptors (Lipinski definition) is 3. The summed E-state index contributed by atoms with van der Waals surface area (Å²) in [6.07, 6.45) is 1.20. The zero-order valence-corrected chi connectivity index (χ0v) is 12.8. The molecular weight excluding hydrogens is 304 g/mol. The largest absolute Gasteiger partial charge is 0.379 e. The second-order valence-electron chi connectivity index (χ2n) is 5.63. The number of rotatable bonds is 4. The van der Waals surface area contributed by atoms with E-state index >= 15 is 0 Å². The Hall–Kier alpha value is -0.420. The zero-order chi connectivity index (χ0) is 13.1. The van der Waals surface area contributed by atoms with E-state index in [1.165, 1.54) is 36.1 Å². The van der Waals surface area contributed by atoms with Crippen LogP contribution in [0.25, 0.3) is 0 Å². The van der Waals surface area contributed by atoms with Gasteiger partial charge in [0.15, 0.2) is 0 Å². The molecule has 3 rings (SSSR count). The van der Waals surface area contributed by atoms with Crippen LogP contribution in [0.4, 0.5) is 0 Å². The van der Waals surface area contributed by atoms with Crippen molar-refractivity contribution in [1.29, 1.82) is 0 Å². The average Bonchev–Trinajstić information content (AvgIpc) is 2.39. The maximum atomic E-state index is 5.53. The highest BCUT2D eigenvalue weighted by molar-refractivity contribution is 9.10. The van der Waals surface area contributed by atoms with Gasteiger partial charge in [0.25, 0.3) is 0 Å². The van der Waals surface area contributed by atoms with E-state index in [-0.39, 0.29) is 5.41 Å². The average molecular weight is 325 g/mol. The van der Waals surface area contributed by atoms with Gasteiger partial charge in [0, 0.05) is 36.1 Å². The molecule has 0 atom stereocenters. The third-order valence-electron chi connectivity index (χ3n) is 4.31. The maximum absolute atomic E-state index is 5.53. The van der Waals surface area contributed by atoms with Gasteiger partial charge in [-0.1, -0.05) is 28.1 Å². The lowest BCUT2D eigenvalue weighted by atomic mass is 9.76. The first-order chi connectivity index (χ1) is 9.28. The van der Waals surface area contributed by atoms with Crippen LogP contribution in [0.1, 0.15) is 12.0 Å². The Balaban J connectivity index is 1.65. The Kier molecular flexibility index (Phi) is 4.22. The van der Waals surface area contributed by atoms with Gasteiger partial charge in [-0.25, -0.2) is 0 Å². The maximum Gasteiger partial charge on any atom is 0.0586 e. The molecule has 1 N–H and O–H groups in total. The third kappa shape index (κ3) is 3.02. The highest BCUT2D eigenvalue weighted by Gasteiger charge is 2.40. The molecule has 1 aromatic carbocycles. The van der Waals surface area contributed by atoms with Crippen molar-refractivity contribution >= 4 is 15.9 Å². The molecule has 0 amide bonds. The second kappa shape index (κ2) is 5.92. The van der Waals surface area contributed by atoms with Gasteiger partial charge in [0.1, 0.15) is 0 Å². The molecule has 0 radical (unpaired) electrons. The van der Waals surface area contributed by atoms with Crippen molar-refractivity contribution in [3.8, 4) is 0 Å². The predicted molar refractivity (Wildman–Crippen MR) is 80.6 cm³/mol. The van der Waals surface area contributed by atoms with Gasteiger partial charge in [0.05, 0.1) is 13.2 Å². The quantitative estimate of drug-likeness (QED) is 0.917. The van der Waals surface area contributed by atoms with Gasteiger partial charge in [-0.2, -0.15) is 0 Å². The molecule has 1 aromatic rings. The highest BCUT2D eigenvalue weighted by Crippen LogP contribution is 2.37. The standard InChI is InChI=1S/C15H21BrN2O/c16-14-3-1-2-13(10-14)15(11-19-12-15)4-7-18-8-5-17-6-9-18/h1-3,10,17H,4-9,11-12H2. The Bertz CT molecular complexity index is 428. The van der Waals surface area contributed by atoms with Crippen LogP contribution in [-0.2, 0) is 10.2 Å². The van der Waals surface area contributed by atoms with Crippen molar-refractivity contribution in [3.05, 3.63) is 34.3 Å². The molecule has 0 spiro atoms. The SMILES string of the molecule is Brc1cccc(C2(CCN3CCNCC3)COC2)c1. The van der Waals surface area contributed by atoms with Gasteiger partial charge < -0.3 is 15.0 Å². The first-order valence-electron chi connectivity index (χ1n) is 7.05. The van der Waals surface area contributed by atoms with Crippen LogP contribution in [-0.4, -0.2) is 50.8 Å². The summed E-state index contributed by atoms with van der Waals surface area (Å²) in [5.74, 6) is 0. The fraction of sp³-hybridized carbons (Fsp3) is 0.600. The van der Waals surface area contributed by atoms with Crippen molar-refractivity contribution in [2.75, 3.05) is 45.9 Å². The van der Waals surface area contributed by atoms with Crippen molar-refractivity contribution in [2.24, 2.45) is 0 Å². The topological polar surface area (TPSA) is 24.5 Å². The monoisotopic (exact) mass is 324 g/mol. The van der Waals surface area contributed by atoms with Crippen LogP contribution in [0.5, 0.6) is 0 Å². The Morgan fingerprint density at radius 1 is 1.26 bits per heavy atom. The van der Waals surface area contributed by atoms with E-state index in [0.29, 0.717) is 0 Å². The number of benzene rings is 1. The minimum atomic E-state index is 0.245. The van der Waals surface area contributed by atoms with Crippen LogP contribution in [0.2, 0.25) is 0 Å². The molecule has 4 heteroatoms. The fourth-order valence-electron chi connectivity index (χ4n) is 2.93. The summed E-state index contributed by atoms with van der Waals surface area (Å²) in [7, 11) is 0. The van der Waals surface area contributed by atoms with Crippen LogP contribution >= 0.6 is 15.9 Å². The van der Waals surface area contributed by atoms with E-state index in [4.69, 9.17) is 4.74 Å². The van der Waals surface area contributed by atoms with E-state index in [2.05, 4.69) is 50.4 Å². The molecule has 2 fully saturated rings. The first-order valence-corrected chi connectivity index (χ1v) is 7.85. The summed E-state index contributed by atoms with van der Waals surface area (Å²) in [6, 6.07) is 8.71. The molecule has 2 aliphatic heterocycles. The molecule has 104 valence electrons. The lowest BCUT2D eigenvalue weighted by Crippen LogP contribution is -2.51. The molecule has 2 saturated heterocycles. The molecule has 0 aromatic heterocycles. The van der Waals surface area contributed by atoms with Crippen molar-refractivity contribution in [2.45, 2.75) is 11.8 Å². The van der Waals surface area contributed by atoms with Gasteiger partial charge in [-0.05, 0) is 30.7 Å². The normalized spacial score (nSPS) is 23.0. The van der Waals surface area contributed by atoms with Gasteiger partial charge in [0.2, 0.25) is 0 Å². The molecule has 2 aliphatic rings. The zero-order valence-electron chi connectivity index (χ0n) is 11.2. The summed E-state index contributed by atoms with van der Waals surface area (Å²) >= 11 is 3.58. The van der Waals surface area contributed by atoms with Crippen molar-refractivity contribution < 1.29 is 4.74 Å². The lowest BCUT2D eigenvalue weighted by molar-refractivity contribution is -0.0679. The molecule has 0 bridgehead atoms. The minimum absolute atomic E-state index is 0.245. The van der Waals surface area contributed by atoms with E-state index in [1.807, 2.05) is 0 Å². The van der Waals surface area contributed by atoms with Crippen LogP contribution < -0.4 is 5.32 Å². The smallest absolute Gasteiger partial charge is 0.0586 e. The summed E-state index contributed by atoms with van der Waals surface area (Å²) in [5.41, 5.74) is 1.66. The minimum Gasteiger partial charge on any atom is -0.379 e. The molecular formula is C15H21BrN2O. The highest BCUT2D eigenvalue weighted by atomic mass is 79.9. The Morgan fingerprint density at radius 2 is 2.05 bits per heavy atom. The molecule has 0 unspecified atom stereocenters. The number of nitrogens with one attached hydrogen (secondary N) is 1. The predicted octanol–water partition coefficient (Wildman–Crippen LogP) is 2.01. The number of hydrogen-bond donors (Lipinski definition) is 1. The number of piperazine rings is 1. The molecule has 19 heavy (non-hydrogen) atoms. The van der Waals surface area contributed by atoms with E-state index in [0.717, 1.165) is 26.3 Å². The number of halogens is 1. The van der Waals surface area contributed by atoms with Crippen LogP contribution in [0.15, 0.2) is 28.7 Å². The summed E-state index contributed by atoms with van der Waals surface area (Å²) in [4.78, 5) is 2.56. The molecule has 3 nitrogen and oxygen atoms in total.